The molecule has 1 aromatic heterocycles. The second-order valence-corrected chi connectivity index (χ2v) is 9.45. The summed E-state index contributed by atoms with van der Waals surface area (Å²) in [6.07, 6.45) is 6.56. The molecule has 1 aliphatic carbocycles. The summed E-state index contributed by atoms with van der Waals surface area (Å²) in [6.45, 7) is 12.2. The highest BCUT2D eigenvalue weighted by Gasteiger charge is 2.30. The third-order valence-electron chi connectivity index (χ3n) is 7.32. The van der Waals surface area contributed by atoms with Gasteiger partial charge in [-0.3, -0.25) is 14.7 Å². The molecule has 2 heterocycles. The van der Waals surface area contributed by atoms with Gasteiger partial charge < -0.3 is 14.8 Å². The molecule has 2 aliphatic rings. The van der Waals surface area contributed by atoms with Gasteiger partial charge in [0.1, 0.15) is 12.4 Å². The Hall–Kier alpha value is -2.44. The summed E-state index contributed by atoms with van der Waals surface area (Å²) in [5.41, 5.74) is 6.42. The third kappa shape index (κ3) is 5.92. The fourth-order valence-electron chi connectivity index (χ4n) is 5.08. The maximum absolute atomic E-state index is 12.9. The topological polar surface area (TPSA) is 63.7 Å². The minimum absolute atomic E-state index is 0.0274. The minimum Gasteiger partial charge on any atom is -0.492 e. The highest BCUT2D eigenvalue weighted by Crippen LogP contribution is 2.37. The number of aromatic nitrogens is 1. The van der Waals surface area contributed by atoms with Gasteiger partial charge in [-0.05, 0) is 79.0 Å². The van der Waals surface area contributed by atoms with Crippen LogP contribution in [0.3, 0.4) is 0 Å². The molecule has 4 rings (SSSR count). The van der Waals surface area contributed by atoms with Crippen molar-refractivity contribution in [1.29, 1.82) is 0 Å². The first-order chi connectivity index (χ1) is 16.0. The Morgan fingerprint density at radius 2 is 2.12 bits per heavy atom. The van der Waals surface area contributed by atoms with E-state index in [0.29, 0.717) is 19.1 Å². The molecule has 0 unspecified atom stereocenters. The lowest BCUT2D eigenvalue weighted by atomic mass is 9.74. The first kappa shape index (κ1) is 23.7. The molecule has 1 amide bonds. The van der Waals surface area contributed by atoms with Gasteiger partial charge in [-0.1, -0.05) is 13.0 Å². The van der Waals surface area contributed by atoms with Gasteiger partial charge in [-0.15, -0.1) is 0 Å². The number of rotatable bonds is 8. The van der Waals surface area contributed by atoms with Crippen LogP contribution in [0, 0.1) is 25.7 Å². The summed E-state index contributed by atoms with van der Waals surface area (Å²) in [5, 5.41) is 3.10. The lowest BCUT2D eigenvalue weighted by Gasteiger charge is -2.32. The minimum atomic E-state index is -0.0274. The third-order valence-corrected chi connectivity index (χ3v) is 7.32. The van der Waals surface area contributed by atoms with Crippen molar-refractivity contribution in [2.24, 2.45) is 11.8 Å². The Balaban J connectivity index is 1.37. The molecular formula is C27H37N3O3. The van der Waals surface area contributed by atoms with Crippen molar-refractivity contribution in [1.82, 2.24) is 15.2 Å². The predicted octanol–water partition coefficient (Wildman–Crippen LogP) is 3.47. The number of aryl methyl sites for hydroxylation is 1. The van der Waals surface area contributed by atoms with Gasteiger partial charge in [0.2, 0.25) is 5.91 Å². The number of benzene rings is 1. The van der Waals surface area contributed by atoms with Gasteiger partial charge in [0.25, 0.3) is 0 Å². The Morgan fingerprint density at radius 3 is 2.88 bits per heavy atom. The monoisotopic (exact) mass is 451 g/mol. The molecule has 0 saturated carbocycles. The summed E-state index contributed by atoms with van der Waals surface area (Å²) in [7, 11) is 0. The summed E-state index contributed by atoms with van der Waals surface area (Å²) in [6, 6.07) is 6.09. The number of pyridine rings is 1. The van der Waals surface area contributed by atoms with Crippen LogP contribution in [0.5, 0.6) is 5.75 Å². The van der Waals surface area contributed by atoms with Gasteiger partial charge >= 0.3 is 0 Å². The smallest absolute Gasteiger partial charge is 0.223 e. The first-order valence-corrected chi connectivity index (χ1v) is 12.2. The van der Waals surface area contributed by atoms with Gasteiger partial charge in [0, 0.05) is 44.5 Å². The van der Waals surface area contributed by atoms with Crippen LogP contribution in [-0.4, -0.2) is 55.2 Å². The number of nitrogens with zero attached hydrogens (tertiary/aromatic N) is 2. The van der Waals surface area contributed by atoms with Crippen LogP contribution in [0.2, 0.25) is 0 Å². The summed E-state index contributed by atoms with van der Waals surface area (Å²) >= 11 is 0. The van der Waals surface area contributed by atoms with Gasteiger partial charge in [-0.25, -0.2) is 0 Å². The molecule has 1 fully saturated rings. The molecule has 1 saturated heterocycles. The maximum atomic E-state index is 12.9. The molecule has 2 atom stereocenters. The molecule has 0 spiro atoms. The van der Waals surface area contributed by atoms with Crippen LogP contribution < -0.4 is 10.1 Å². The van der Waals surface area contributed by atoms with Crippen molar-refractivity contribution in [2.75, 3.05) is 39.5 Å². The average Bonchev–Trinajstić information content (AvgIpc) is 2.86. The van der Waals surface area contributed by atoms with Crippen LogP contribution in [0.4, 0.5) is 0 Å². The van der Waals surface area contributed by atoms with Crippen LogP contribution in [-0.2, 0) is 28.9 Å². The summed E-state index contributed by atoms with van der Waals surface area (Å²) in [5.74, 6) is 1.43. The van der Waals surface area contributed by atoms with Gasteiger partial charge in [-0.2, -0.15) is 0 Å². The number of morpholine rings is 1. The molecule has 1 aromatic carbocycles. The maximum Gasteiger partial charge on any atom is 0.223 e. The van der Waals surface area contributed by atoms with Crippen molar-refractivity contribution in [3.63, 3.8) is 0 Å². The number of hydrogen-bond donors (Lipinski definition) is 1. The Kier molecular flexibility index (Phi) is 7.99. The van der Waals surface area contributed by atoms with Crippen LogP contribution >= 0.6 is 0 Å². The molecule has 6 heteroatoms. The van der Waals surface area contributed by atoms with E-state index in [4.69, 9.17) is 9.47 Å². The van der Waals surface area contributed by atoms with Crippen LogP contribution in [0.25, 0.3) is 0 Å². The molecule has 33 heavy (non-hydrogen) atoms. The lowest BCUT2D eigenvalue weighted by molar-refractivity contribution is -0.126. The standard InChI is InChI=1S/C27H37N3O3/c1-19-15-26(33-14-11-30-9-12-32-13-10-30)21(3)25-16-23(6-7-24(19)25)20(2)27(31)29-18-22-5-4-8-28-17-22/h4-5,8,15,17,20,23H,6-7,9-14,16,18H2,1-3H3,(H,29,31)/t20-,23+/m0/s1. The molecular weight excluding hydrogens is 414 g/mol. The summed E-state index contributed by atoms with van der Waals surface area (Å²) < 4.78 is 11.7. The Morgan fingerprint density at radius 1 is 1.30 bits per heavy atom. The Labute approximate surface area is 197 Å². The zero-order chi connectivity index (χ0) is 23.2. The van der Waals surface area contributed by atoms with E-state index in [1.54, 1.807) is 12.4 Å². The van der Waals surface area contributed by atoms with Gasteiger partial charge in [0.15, 0.2) is 0 Å². The van der Waals surface area contributed by atoms with Crippen molar-refractivity contribution in [3.05, 3.63) is 58.4 Å². The molecule has 6 nitrogen and oxygen atoms in total. The van der Waals surface area contributed by atoms with E-state index in [1.807, 2.05) is 12.1 Å². The van der Waals surface area contributed by atoms with E-state index in [2.05, 4.69) is 42.0 Å². The Bertz CT molecular complexity index is 941. The van der Waals surface area contributed by atoms with E-state index in [0.717, 1.165) is 63.4 Å². The van der Waals surface area contributed by atoms with E-state index < -0.39 is 0 Å². The van der Waals surface area contributed by atoms with E-state index in [-0.39, 0.29) is 11.8 Å². The SMILES string of the molecule is Cc1cc(OCCN2CCOCC2)c(C)c2c1CC[C@@H]([C@H](C)C(=O)NCc1cccnc1)C2. The normalized spacial score (nSPS) is 19.5. The van der Waals surface area contributed by atoms with Gasteiger partial charge in [0.05, 0.1) is 13.2 Å². The molecule has 2 aromatic rings. The predicted molar refractivity (Wildman–Crippen MR) is 129 cm³/mol. The number of amides is 1. The van der Waals surface area contributed by atoms with Crippen molar-refractivity contribution >= 4 is 5.91 Å². The lowest BCUT2D eigenvalue weighted by Crippen LogP contribution is -2.38. The number of hydrogen-bond acceptors (Lipinski definition) is 5. The van der Waals surface area contributed by atoms with Crippen molar-refractivity contribution in [3.8, 4) is 5.75 Å². The zero-order valence-corrected chi connectivity index (χ0v) is 20.2. The zero-order valence-electron chi connectivity index (χ0n) is 20.2. The number of nitrogens with one attached hydrogen (secondary N) is 1. The number of ether oxygens (including phenoxy) is 2. The number of carbonyl (C=O) groups is 1. The van der Waals surface area contributed by atoms with E-state index in [1.165, 1.54) is 22.3 Å². The number of carbonyl (C=O) groups excluding carboxylic acids is 1. The fourth-order valence-corrected chi connectivity index (χ4v) is 5.08. The average molecular weight is 452 g/mol. The van der Waals surface area contributed by atoms with E-state index >= 15 is 0 Å². The highest BCUT2D eigenvalue weighted by molar-refractivity contribution is 5.78. The van der Waals surface area contributed by atoms with Crippen molar-refractivity contribution < 1.29 is 14.3 Å². The van der Waals surface area contributed by atoms with Crippen LogP contribution in [0.1, 0.15) is 41.2 Å². The van der Waals surface area contributed by atoms with E-state index in [9.17, 15) is 4.79 Å². The number of fused-ring (bicyclic) bond motifs is 1. The molecule has 0 radical (unpaired) electrons. The molecule has 178 valence electrons. The van der Waals surface area contributed by atoms with Crippen molar-refractivity contribution in [2.45, 2.75) is 46.6 Å². The molecule has 0 bridgehead atoms. The molecule has 1 aliphatic heterocycles. The quantitative estimate of drug-likeness (QED) is 0.666. The highest BCUT2D eigenvalue weighted by atomic mass is 16.5. The summed E-state index contributed by atoms with van der Waals surface area (Å²) in [4.78, 5) is 19.4. The second-order valence-electron chi connectivity index (χ2n) is 9.45. The largest absolute Gasteiger partial charge is 0.492 e. The first-order valence-electron chi connectivity index (χ1n) is 12.2. The second kappa shape index (κ2) is 11.1. The molecule has 1 N–H and O–H groups in total. The van der Waals surface area contributed by atoms with Crippen LogP contribution in [0.15, 0.2) is 30.6 Å². The fraction of sp³-hybridized carbons (Fsp3) is 0.556.